The van der Waals surface area contributed by atoms with Crippen molar-refractivity contribution in [3.63, 3.8) is 0 Å². The second-order valence-electron chi connectivity index (χ2n) is 4.85. The number of carbonyl (C=O) groups excluding carboxylic acids is 1. The van der Waals surface area contributed by atoms with E-state index in [1.807, 2.05) is 24.3 Å². The summed E-state index contributed by atoms with van der Waals surface area (Å²) in [5.41, 5.74) is 0.942. The Bertz CT molecular complexity index is 482. The maximum atomic E-state index is 11.7. The Labute approximate surface area is 125 Å². The second kappa shape index (κ2) is 8.44. The Morgan fingerprint density at radius 1 is 1.43 bits per heavy atom. The van der Waals surface area contributed by atoms with Crippen LogP contribution in [0.15, 0.2) is 30.3 Å². The topological polar surface area (TPSA) is 50.8 Å². The molecule has 1 heterocycles. The van der Waals surface area contributed by atoms with E-state index < -0.39 is 0 Å². The first-order valence-corrected chi connectivity index (χ1v) is 7.18. The van der Waals surface area contributed by atoms with Crippen molar-refractivity contribution < 1.29 is 14.3 Å². The van der Waals surface area contributed by atoms with Crippen molar-refractivity contribution >= 4 is 12.0 Å². The molecular formula is C16H22N2O3. The molecule has 1 aromatic carbocycles. The largest absolute Gasteiger partial charge is 0.497 e. The molecule has 0 aliphatic carbocycles. The number of nitrogens with one attached hydrogen (secondary N) is 1. The van der Waals surface area contributed by atoms with Crippen molar-refractivity contribution in [2.24, 2.45) is 0 Å². The number of amides is 1. The molecular weight excluding hydrogens is 268 g/mol. The van der Waals surface area contributed by atoms with Crippen LogP contribution >= 0.6 is 0 Å². The quantitative estimate of drug-likeness (QED) is 0.799. The first-order chi connectivity index (χ1) is 10.3. The molecule has 1 aliphatic rings. The molecule has 1 aromatic rings. The van der Waals surface area contributed by atoms with E-state index in [9.17, 15) is 4.79 Å². The summed E-state index contributed by atoms with van der Waals surface area (Å²) in [5, 5.41) is 2.89. The highest BCUT2D eigenvalue weighted by Gasteiger charge is 2.09. The van der Waals surface area contributed by atoms with Crippen LogP contribution in [0, 0.1) is 0 Å². The first-order valence-electron chi connectivity index (χ1n) is 7.18. The molecule has 1 fully saturated rings. The van der Waals surface area contributed by atoms with Gasteiger partial charge in [-0.05, 0) is 23.8 Å². The Kier molecular flexibility index (Phi) is 6.24. The monoisotopic (exact) mass is 290 g/mol. The van der Waals surface area contributed by atoms with Gasteiger partial charge in [-0.25, -0.2) is 0 Å². The molecule has 0 radical (unpaired) electrons. The van der Waals surface area contributed by atoms with Crippen LogP contribution in [0.25, 0.3) is 6.08 Å². The molecule has 1 aliphatic heterocycles. The molecule has 0 atom stereocenters. The number of rotatable bonds is 6. The van der Waals surface area contributed by atoms with Crippen LogP contribution in [0.2, 0.25) is 0 Å². The zero-order valence-electron chi connectivity index (χ0n) is 12.4. The van der Waals surface area contributed by atoms with Gasteiger partial charge < -0.3 is 14.8 Å². The molecule has 1 amide bonds. The Morgan fingerprint density at radius 2 is 2.24 bits per heavy atom. The van der Waals surface area contributed by atoms with Crippen molar-refractivity contribution in [1.29, 1.82) is 0 Å². The van der Waals surface area contributed by atoms with E-state index in [1.54, 1.807) is 19.3 Å². The summed E-state index contributed by atoms with van der Waals surface area (Å²) in [6, 6.07) is 7.59. The number of carbonyl (C=O) groups is 1. The smallest absolute Gasteiger partial charge is 0.244 e. The van der Waals surface area contributed by atoms with Gasteiger partial charge in [0.2, 0.25) is 5.91 Å². The third-order valence-corrected chi connectivity index (χ3v) is 3.35. The van der Waals surface area contributed by atoms with Gasteiger partial charge in [-0.1, -0.05) is 12.1 Å². The van der Waals surface area contributed by atoms with Crippen LogP contribution < -0.4 is 10.1 Å². The van der Waals surface area contributed by atoms with Gasteiger partial charge in [0, 0.05) is 32.3 Å². The lowest BCUT2D eigenvalue weighted by molar-refractivity contribution is -0.116. The van der Waals surface area contributed by atoms with E-state index in [4.69, 9.17) is 9.47 Å². The van der Waals surface area contributed by atoms with Gasteiger partial charge in [-0.15, -0.1) is 0 Å². The Balaban J connectivity index is 1.71. The van der Waals surface area contributed by atoms with Crippen LogP contribution in [0.3, 0.4) is 0 Å². The highest BCUT2D eigenvalue weighted by molar-refractivity contribution is 5.91. The maximum Gasteiger partial charge on any atom is 0.244 e. The lowest BCUT2D eigenvalue weighted by Gasteiger charge is -2.26. The second-order valence-corrected chi connectivity index (χ2v) is 4.85. The average molecular weight is 290 g/mol. The number of hydrogen-bond donors (Lipinski definition) is 1. The van der Waals surface area contributed by atoms with E-state index in [0.717, 1.165) is 44.2 Å². The standard InChI is InChI=1S/C16H22N2O3/c1-20-15-4-2-3-14(13-15)5-6-16(19)17-7-8-18-9-11-21-12-10-18/h2-6,13H,7-12H2,1H3,(H,17,19)/b6-5+. The van der Waals surface area contributed by atoms with Gasteiger partial charge in [0.15, 0.2) is 0 Å². The van der Waals surface area contributed by atoms with Gasteiger partial charge in [0.1, 0.15) is 5.75 Å². The van der Waals surface area contributed by atoms with Gasteiger partial charge in [-0.2, -0.15) is 0 Å². The van der Waals surface area contributed by atoms with Crippen molar-refractivity contribution in [3.8, 4) is 5.75 Å². The minimum absolute atomic E-state index is 0.0777. The number of ether oxygens (including phenoxy) is 2. The molecule has 2 rings (SSSR count). The third kappa shape index (κ3) is 5.57. The van der Waals surface area contributed by atoms with E-state index in [-0.39, 0.29) is 5.91 Å². The van der Waals surface area contributed by atoms with Crippen LogP contribution in [0.1, 0.15) is 5.56 Å². The zero-order chi connectivity index (χ0) is 14.9. The molecule has 1 saturated heterocycles. The summed E-state index contributed by atoms with van der Waals surface area (Å²) < 4.78 is 10.4. The molecule has 5 heteroatoms. The molecule has 114 valence electrons. The summed E-state index contributed by atoms with van der Waals surface area (Å²) >= 11 is 0. The number of benzene rings is 1. The van der Waals surface area contributed by atoms with E-state index in [2.05, 4.69) is 10.2 Å². The minimum atomic E-state index is -0.0777. The summed E-state index contributed by atoms with van der Waals surface area (Å²) in [5.74, 6) is 0.705. The molecule has 21 heavy (non-hydrogen) atoms. The van der Waals surface area contributed by atoms with Gasteiger partial charge in [-0.3, -0.25) is 9.69 Å². The van der Waals surface area contributed by atoms with Gasteiger partial charge in [0.05, 0.1) is 20.3 Å². The van der Waals surface area contributed by atoms with E-state index in [0.29, 0.717) is 6.54 Å². The van der Waals surface area contributed by atoms with Crippen molar-refractivity contribution in [2.45, 2.75) is 0 Å². The predicted octanol–water partition coefficient (Wildman–Crippen LogP) is 1.16. The number of hydrogen-bond acceptors (Lipinski definition) is 4. The van der Waals surface area contributed by atoms with E-state index >= 15 is 0 Å². The number of methoxy groups -OCH3 is 1. The number of nitrogens with zero attached hydrogens (tertiary/aromatic N) is 1. The maximum absolute atomic E-state index is 11.7. The molecule has 5 nitrogen and oxygen atoms in total. The first kappa shape index (κ1) is 15.5. The SMILES string of the molecule is COc1cccc(/C=C/C(=O)NCCN2CCOCC2)c1. The summed E-state index contributed by atoms with van der Waals surface area (Å²) in [6.45, 7) is 4.96. The highest BCUT2D eigenvalue weighted by atomic mass is 16.5. The molecule has 0 unspecified atom stereocenters. The summed E-state index contributed by atoms with van der Waals surface area (Å²) in [7, 11) is 1.63. The van der Waals surface area contributed by atoms with Crippen LogP contribution in [-0.4, -0.2) is 57.3 Å². The molecule has 0 aromatic heterocycles. The van der Waals surface area contributed by atoms with Gasteiger partial charge >= 0.3 is 0 Å². The lowest BCUT2D eigenvalue weighted by atomic mass is 10.2. The number of morpholine rings is 1. The highest BCUT2D eigenvalue weighted by Crippen LogP contribution is 2.13. The predicted molar refractivity (Wildman–Crippen MR) is 82.3 cm³/mol. The lowest BCUT2D eigenvalue weighted by Crippen LogP contribution is -2.41. The molecule has 0 saturated carbocycles. The minimum Gasteiger partial charge on any atom is -0.497 e. The fourth-order valence-corrected chi connectivity index (χ4v) is 2.14. The Hall–Kier alpha value is -1.85. The Morgan fingerprint density at radius 3 is 3.00 bits per heavy atom. The van der Waals surface area contributed by atoms with E-state index in [1.165, 1.54) is 0 Å². The van der Waals surface area contributed by atoms with Crippen molar-refractivity contribution in [2.75, 3.05) is 46.5 Å². The molecule has 1 N–H and O–H groups in total. The third-order valence-electron chi connectivity index (χ3n) is 3.35. The zero-order valence-corrected chi connectivity index (χ0v) is 12.4. The molecule has 0 bridgehead atoms. The van der Waals surface area contributed by atoms with Crippen molar-refractivity contribution in [3.05, 3.63) is 35.9 Å². The van der Waals surface area contributed by atoms with Gasteiger partial charge in [0.25, 0.3) is 0 Å². The molecule has 0 spiro atoms. The summed E-state index contributed by atoms with van der Waals surface area (Å²) in [6.07, 6.45) is 3.33. The average Bonchev–Trinajstić information content (AvgIpc) is 2.54. The normalized spacial score (nSPS) is 16.0. The van der Waals surface area contributed by atoms with Crippen LogP contribution in [0.4, 0.5) is 0 Å². The van der Waals surface area contributed by atoms with Crippen LogP contribution in [0.5, 0.6) is 5.75 Å². The van der Waals surface area contributed by atoms with Crippen molar-refractivity contribution in [1.82, 2.24) is 10.2 Å². The fraction of sp³-hybridized carbons (Fsp3) is 0.438. The summed E-state index contributed by atoms with van der Waals surface area (Å²) in [4.78, 5) is 14.0. The fourth-order valence-electron chi connectivity index (χ4n) is 2.14. The van der Waals surface area contributed by atoms with Crippen LogP contribution in [-0.2, 0) is 9.53 Å².